The fourth-order valence-corrected chi connectivity index (χ4v) is 2.01. The number of ether oxygens (including phenoxy) is 1. The third-order valence-electron chi connectivity index (χ3n) is 1.57. The van der Waals surface area contributed by atoms with E-state index in [-0.39, 0.29) is 0 Å². The van der Waals surface area contributed by atoms with Gasteiger partial charge in [0.1, 0.15) is 12.9 Å². The standard InChI is InChI=1S/C9H7IN2OS/c10-8-4-11-6-12-9(8)13-5-7-2-1-3-14-7/h1-4,6H,5H2. The zero-order chi connectivity index (χ0) is 9.80. The number of halogens is 1. The summed E-state index contributed by atoms with van der Waals surface area (Å²) in [6.07, 6.45) is 3.23. The number of aromatic nitrogens is 2. The first kappa shape index (κ1) is 9.85. The summed E-state index contributed by atoms with van der Waals surface area (Å²) in [7, 11) is 0. The molecular weight excluding hydrogens is 311 g/mol. The van der Waals surface area contributed by atoms with E-state index in [9.17, 15) is 0 Å². The molecule has 72 valence electrons. The highest BCUT2D eigenvalue weighted by molar-refractivity contribution is 14.1. The molecule has 0 aliphatic rings. The van der Waals surface area contributed by atoms with Crippen molar-refractivity contribution in [3.63, 3.8) is 0 Å². The van der Waals surface area contributed by atoms with Gasteiger partial charge in [0.05, 0.1) is 3.57 Å². The van der Waals surface area contributed by atoms with Crippen LogP contribution in [0.25, 0.3) is 0 Å². The summed E-state index contributed by atoms with van der Waals surface area (Å²) in [6.45, 7) is 0.574. The van der Waals surface area contributed by atoms with E-state index < -0.39 is 0 Å². The van der Waals surface area contributed by atoms with Gasteiger partial charge in [-0.25, -0.2) is 9.97 Å². The van der Waals surface area contributed by atoms with Gasteiger partial charge < -0.3 is 4.74 Å². The van der Waals surface area contributed by atoms with Crippen LogP contribution in [0.2, 0.25) is 0 Å². The maximum absolute atomic E-state index is 5.53. The van der Waals surface area contributed by atoms with Crippen LogP contribution in [0.15, 0.2) is 30.0 Å². The van der Waals surface area contributed by atoms with E-state index in [2.05, 4.69) is 32.6 Å². The van der Waals surface area contributed by atoms with Crippen molar-refractivity contribution in [2.24, 2.45) is 0 Å². The van der Waals surface area contributed by atoms with Gasteiger partial charge in [0, 0.05) is 11.1 Å². The van der Waals surface area contributed by atoms with E-state index in [1.807, 2.05) is 17.5 Å². The molecule has 3 nitrogen and oxygen atoms in total. The van der Waals surface area contributed by atoms with Crippen LogP contribution in [0.3, 0.4) is 0 Å². The lowest BCUT2D eigenvalue weighted by Crippen LogP contribution is -1.97. The van der Waals surface area contributed by atoms with Crippen molar-refractivity contribution in [1.29, 1.82) is 0 Å². The Labute approximate surface area is 99.3 Å². The summed E-state index contributed by atoms with van der Waals surface area (Å²) in [5, 5.41) is 2.03. The molecule has 2 heterocycles. The van der Waals surface area contributed by atoms with Crippen LogP contribution in [0.5, 0.6) is 5.88 Å². The van der Waals surface area contributed by atoms with Crippen molar-refractivity contribution >= 4 is 33.9 Å². The maximum atomic E-state index is 5.53. The van der Waals surface area contributed by atoms with Gasteiger partial charge in [0.15, 0.2) is 0 Å². The Bertz CT molecular complexity index is 405. The molecule has 0 aliphatic heterocycles. The summed E-state index contributed by atoms with van der Waals surface area (Å²) in [5.74, 6) is 0.647. The molecule has 0 amide bonds. The number of thiophene rings is 1. The zero-order valence-corrected chi connectivity index (χ0v) is 10.2. The average molecular weight is 318 g/mol. The number of nitrogens with zero attached hydrogens (tertiary/aromatic N) is 2. The van der Waals surface area contributed by atoms with Crippen molar-refractivity contribution < 1.29 is 4.74 Å². The molecule has 0 aromatic carbocycles. The quantitative estimate of drug-likeness (QED) is 0.816. The molecule has 0 bridgehead atoms. The Morgan fingerprint density at radius 1 is 1.50 bits per heavy atom. The van der Waals surface area contributed by atoms with E-state index in [0.29, 0.717) is 12.5 Å². The predicted octanol–water partition coefficient (Wildman–Crippen LogP) is 2.72. The smallest absolute Gasteiger partial charge is 0.230 e. The van der Waals surface area contributed by atoms with Gasteiger partial charge >= 0.3 is 0 Å². The van der Waals surface area contributed by atoms with Crippen molar-refractivity contribution in [2.45, 2.75) is 6.61 Å². The van der Waals surface area contributed by atoms with Crippen molar-refractivity contribution in [1.82, 2.24) is 9.97 Å². The second kappa shape index (κ2) is 4.70. The molecule has 0 unspecified atom stereocenters. The highest BCUT2D eigenvalue weighted by atomic mass is 127. The summed E-state index contributed by atoms with van der Waals surface area (Å²) >= 11 is 3.83. The number of hydrogen-bond donors (Lipinski definition) is 0. The topological polar surface area (TPSA) is 35.0 Å². The molecule has 2 aromatic heterocycles. The van der Waals surface area contributed by atoms with Crippen molar-refractivity contribution in [3.05, 3.63) is 38.5 Å². The molecule has 5 heteroatoms. The van der Waals surface area contributed by atoms with Crippen molar-refractivity contribution in [3.8, 4) is 5.88 Å². The molecule has 0 atom stereocenters. The normalized spacial score (nSPS) is 10.1. The van der Waals surface area contributed by atoms with Crippen LogP contribution >= 0.6 is 33.9 Å². The van der Waals surface area contributed by atoms with Crippen LogP contribution < -0.4 is 4.74 Å². The third kappa shape index (κ3) is 2.42. The summed E-state index contributed by atoms with van der Waals surface area (Å²) < 4.78 is 6.47. The van der Waals surface area contributed by atoms with E-state index in [4.69, 9.17) is 4.74 Å². The predicted molar refractivity (Wildman–Crippen MR) is 63.4 cm³/mol. The van der Waals surface area contributed by atoms with Gasteiger partial charge in [-0.2, -0.15) is 0 Å². The lowest BCUT2D eigenvalue weighted by molar-refractivity contribution is 0.294. The van der Waals surface area contributed by atoms with Crippen molar-refractivity contribution in [2.75, 3.05) is 0 Å². The minimum atomic E-state index is 0.574. The Morgan fingerprint density at radius 2 is 2.43 bits per heavy atom. The van der Waals surface area contributed by atoms with Crippen LogP contribution in [0, 0.1) is 3.57 Å². The second-order valence-electron chi connectivity index (χ2n) is 2.54. The van der Waals surface area contributed by atoms with E-state index in [1.54, 1.807) is 17.5 Å². The fraction of sp³-hybridized carbons (Fsp3) is 0.111. The molecule has 0 fully saturated rings. The first-order valence-electron chi connectivity index (χ1n) is 3.97. The van der Waals surface area contributed by atoms with Gasteiger partial charge in [-0.3, -0.25) is 0 Å². The Morgan fingerprint density at radius 3 is 3.14 bits per heavy atom. The third-order valence-corrected chi connectivity index (χ3v) is 3.15. The molecule has 0 saturated heterocycles. The highest BCUT2D eigenvalue weighted by Crippen LogP contribution is 2.18. The Hall–Kier alpha value is -0.690. The van der Waals surface area contributed by atoms with Crippen LogP contribution in [-0.2, 0) is 6.61 Å². The fourth-order valence-electron chi connectivity index (χ4n) is 0.942. The monoisotopic (exact) mass is 318 g/mol. The van der Waals surface area contributed by atoms with Gasteiger partial charge in [-0.1, -0.05) is 6.07 Å². The number of rotatable bonds is 3. The van der Waals surface area contributed by atoms with E-state index in [0.717, 1.165) is 3.57 Å². The molecule has 14 heavy (non-hydrogen) atoms. The lowest BCUT2D eigenvalue weighted by atomic mass is 10.5. The SMILES string of the molecule is Ic1cncnc1OCc1cccs1. The molecular formula is C9H7IN2OS. The largest absolute Gasteiger partial charge is 0.471 e. The summed E-state index contributed by atoms with van der Waals surface area (Å²) in [5.41, 5.74) is 0. The zero-order valence-electron chi connectivity index (χ0n) is 7.18. The molecule has 0 saturated carbocycles. The molecule has 0 spiro atoms. The van der Waals surface area contributed by atoms with Gasteiger partial charge in [-0.15, -0.1) is 11.3 Å². The first-order valence-corrected chi connectivity index (χ1v) is 5.93. The summed E-state index contributed by atoms with van der Waals surface area (Å²) in [6, 6.07) is 4.05. The number of hydrogen-bond acceptors (Lipinski definition) is 4. The van der Waals surface area contributed by atoms with E-state index >= 15 is 0 Å². The van der Waals surface area contributed by atoms with Gasteiger partial charge in [0.25, 0.3) is 0 Å². The molecule has 0 radical (unpaired) electrons. The first-order chi connectivity index (χ1) is 6.86. The molecule has 2 rings (SSSR count). The second-order valence-corrected chi connectivity index (χ2v) is 4.74. The van der Waals surface area contributed by atoms with E-state index in [1.165, 1.54) is 11.2 Å². The Balaban J connectivity index is 2.02. The van der Waals surface area contributed by atoms with Crippen LogP contribution in [0.4, 0.5) is 0 Å². The lowest BCUT2D eigenvalue weighted by Gasteiger charge is -2.03. The molecule has 2 aromatic rings. The summed E-state index contributed by atoms with van der Waals surface area (Å²) in [4.78, 5) is 9.13. The molecule has 0 N–H and O–H groups in total. The van der Waals surface area contributed by atoms with Crippen LogP contribution in [-0.4, -0.2) is 9.97 Å². The average Bonchev–Trinajstić information content (AvgIpc) is 2.69. The van der Waals surface area contributed by atoms with Gasteiger partial charge in [-0.05, 0) is 34.0 Å². The minimum absolute atomic E-state index is 0.574. The highest BCUT2D eigenvalue weighted by Gasteiger charge is 2.02. The van der Waals surface area contributed by atoms with Crippen LogP contribution in [0.1, 0.15) is 4.88 Å². The van der Waals surface area contributed by atoms with Gasteiger partial charge in [0.2, 0.25) is 5.88 Å². The maximum Gasteiger partial charge on any atom is 0.230 e. The minimum Gasteiger partial charge on any atom is -0.471 e. The Kier molecular flexibility index (Phi) is 3.30. The molecule has 0 aliphatic carbocycles.